The molecule has 1 fully saturated rings. The van der Waals surface area contributed by atoms with E-state index in [2.05, 4.69) is 30.8 Å². The highest BCUT2D eigenvalue weighted by molar-refractivity contribution is 5.88. The van der Waals surface area contributed by atoms with Crippen LogP contribution in [0.3, 0.4) is 0 Å². The van der Waals surface area contributed by atoms with Gasteiger partial charge in [-0.2, -0.15) is 5.10 Å². The number of nitrogens with one attached hydrogen (secondary N) is 3. The van der Waals surface area contributed by atoms with Gasteiger partial charge in [-0.1, -0.05) is 12.1 Å². The van der Waals surface area contributed by atoms with Crippen molar-refractivity contribution in [3.05, 3.63) is 47.9 Å². The predicted octanol–water partition coefficient (Wildman–Crippen LogP) is 2.74. The first-order valence-electron chi connectivity index (χ1n) is 8.62. The van der Waals surface area contributed by atoms with E-state index in [0.29, 0.717) is 24.2 Å². The Balaban J connectivity index is 1.36. The highest BCUT2D eigenvalue weighted by Crippen LogP contribution is 2.23. The van der Waals surface area contributed by atoms with E-state index in [0.717, 1.165) is 29.8 Å². The minimum Gasteiger partial charge on any atom is -0.381 e. The maximum Gasteiger partial charge on any atom is 0.321 e. The molecule has 1 unspecified atom stereocenters. The fraction of sp³-hybridized carbons (Fsp3) is 0.333. The fourth-order valence-electron chi connectivity index (χ4n) is 2.99. The standard InChI is InChI=1S/C18H20N6O2/c1-11(17-20-14-4-2-3-5-15(14)21-17)19-18(25)22-16-7-6-13(23-24-16)12-8-9-26-10-12/h2-7,11-12H,8-10H2,1H3,(H,20,21)(H2,19,22,24,25)/t11-,12?/m0/s1. The Bertz CT molecular complexity index is 868. The van der Waals surface area contributed by atoms with E-state index in [4.69, 9.17) is 4.74 Å². The molecule has 2 amide bonds. The second-order valence-corrected chi connectivity index (χ2v) is 6.36. The zero-order chi connectivity index (χ0) is 17.9. The molecular weight excluding hydrogens is 332 g/mol. The number of amides is 2. The molecule has 3 aromatic rings. The summed E-state index contributed by atoms with van der Waals surface area (Å²) in [5.41, 5.74) is 2.70. The van der Waals surface area contributed by atoms with E-state index in [-0.39, 0.29) is 12.1 Å². The number of para-hydroxylation sites is 2. The maximum absolute atomic E-state index is 12.2. The fourth-order valence-corrected chi connectivity index (χ4v) is 2.99. The molecule has 8 heteroatoms. The molecule has 1 aromatic carbocycles. The number of imidazole rings is 1. The van der Waals surface area contributed by atoms with Crippen LogP contribution in [0.15, 0.2) is 36.4 Å². The quantitative estimate of drug-likeness (QED) is 0.670. The van der Waals surface area contributed by atoms with Crippen molar-refractivity contribution in [1.29, 1.82) is 0 Å². The van der Waals surface area contributed by atoms with Gasteiger partial charge in [0, 0.05) is 12.5 Å². The summed E-state index contributed by atoms with van der Waals surface area (Å²) in [6, 6.07) is 10.7. The number of carbonyl (C=O) groups excluding carboxylic acids is 1. The van der Waals surface area contributed by atoms with Gasteiger partial charge in [-0.05, 0) is 37.6 Å². The first kappa shape index (κ1) is 16.5. The number of carbonyl (C=O) groups is 1. The molecule has 1 saturated heterocycles. The van der Waals surface area contributed by atoms with Gasteiger partial charge in [0.2, 0.25) is 0 Å². The van der Waals surface area contributed by atoms with Crippen molar-refractivity contribution in [3.63, 3.8) is 0 Å². The second-order valence-electron chi connectivity index (χ2n) is 6.36. The van der Waals surface area contributed by atoms with Crippen molar-refractivity contribution < 1.29 is 9.53 Å². The van der Waals surface area contributed by atoms with E-state index < -0.39 is 0 Å². The zero-order valence-corrected chi connectivity index (χ0v) is 14.4. The largest absolute Gasteiger partial charge is 0.381 e. The molecule has 26 heavy (non-hydrogen) atoms. The third-order valence-electron chi connectivity index (χ3n) is 4.44. The van der Waals surface area contributed by atoms with E-state index >= 15 is 0 Å². The van der Waals surface area contributed by atoms with Crippen molar-refractivity contribution in [2.24, 2.45) is 0 Å². The van der Waals surface area contributed by atoms with Crippen molar-refractivity contribution >= 4 is 22.9 Å². The van der Waals surface area contributed by atoms with Gasteiger partial charge in [-0.15, -0.1) is 5.10 Å². The third-order valence-corrected chi connectivity index (χ3v) is 4.44. The molecule has 3 N–H and O–H groups in total. The van der Waals surface area contributed by atoms with Gasteiger partial charge < -0.3 is 15.0 Å². The van der Waals surface area contributed by atoms with Gasteiger partial charge in [-0.3, -0.25) is 5.32 Å². The van der Waals surface area contributed by atoms with Crippen LogP contribution in [0.1, 0.15) is 36.8 Å². The van der Waals surface area contributed by atoms with Gasteiger partial charge in [0.05, 0.1) is 29.4 Å². The predicted molar refractivity (Wildman–Crippen MR) is 96.9 cm³/mol. The molecule has 3 heterocycles. The Hall–Kier alpha value is -3.00. The summed E-state index contributed by atoms with van der Waals surface area (Å²) in [5, 5.41) is 13.8. The molecule has 8 nitrogen and oxygen atoms in total. The molecule has 0 bridgehead atoms. The first-order valence-corrected chi connectivity index (χ1v) is 8.62. The number of hydrogen-bond acceptors (Lipinski definition) is 5. The molecule has 2 atom stereocenters. The van der Waals surface area contributed by atoms with Crippen LogP contribution in [-0.2, 0) is 4.74 Å². The van der Waals surface area contributed by atoms with Crippen molar-refractivity contribution in [3.8, 4) is 0 Å². The number of anilines is 1. The van der Waals surface area contributed by atoms with Crippen LogP contribution in [0.4, 0.5) is 10.6 Å². The molecule has 4 rings (SSSR count). The summed E-state index contributed by atoms with van der Waals surface area (Å²) in [6.45, 7) is 3.30. The Morgan fingerprint density at radius 1 is 1.27 bits per heavy atom. The van der Waals surface area contributed by atoms with E-state index in [9.17, 15) is 4.79 Å². The molecule has 1 aliphatic heterocycles. The summed E-state index contributed by atoms with van der Waals surface area (Å²) in [5.74, 6) is 1.39. The summed E-state index contributed by atoms with van der Waals surface area (Å²) in [4.78, 5) is 19.9. The van der Waals surface area contributed by atoms with Crippen molar-refractivity contribution in [1.82, 2.24) is 25.5 Å². The number of hydrogen-bond donors (Lipinski definition) is 3. The van der Waals surface area contributed by atoms with Crippen LogP contribution in [0.2, 0.25) is 0 Å². The summed E-state index contributed by atoms with van der Waals surface area (Å²) >= 11 is 0. The monoisotopic (exact) mass is 352 g/mol. The number of aromatic nitrogens is 4. The lowest BCUT2D eigenvalue weighted by atomic mass is 10.1. The Labute approximate surface area is 150 Å². The number of rotatable bonds is 4. The van der Waals surface area contributed by atoms with Gasteiger partial charge in [0.1, 0.15) is 5.82 Å². The molecular formula is C18H20N6O2. The number of nitrogens with zero attached hydrogens (tertiary/aromatic N) is 3. The van der Waals surface area contributed by atoms with Crippen molar-refractivity contribution in [2.75, 3.05) is 18.5 Å². The summed E-state index contributed by atoms with van der Waals surface area (Å²) in [7, 11) is 0. The molecule has 1 aliphatic rings. The molecule has 0 saturated carbocycles. The van der Waals surface area contributed by atoms with E-state index in [1.165, 1.54) is 0 Å². The maximum atomic E-state index is 12.2. The Kier molecular flexibility index (Phi) is 4.49. The molecule has 0 spiro atoms. The minimum absolute atomic E-state index is 0.273. The SMILES string of the molecule is C[C@H](NC(=O)Nc1ccc(C2CCOC2)nn1)c1nc2ccccc2[nH]1. The molecule has 0 aliphatic carbocycles. The smallest absolute Gasteiger partial charge is 0.321 e. The Morgan fingerprint density at radius 2 is 2.15 bits per heavy atom. The van der Waals surface area contributed by atoms with Gasteiger partial charge in [0.15, 0.2) is 5.82 Å². The number of urea groups is 1. The summed E-state index contributed by atoms with van der Waals surface area (Å²) in [6.07, 6.45) is 0.955. The summed E-state index contributed by atoms with van der Waals surface area (Å²) < 4.78 is 5.36. The Morgan fingerprint density at radius 3 is 2.88 bits per heavy atom. The second kappa shape index (κ2) is 7.09. The number of aromatic amines is 1. The lowest BCUT2D eigenvalue weighted by Crippen LogP contribution is -2.32. The average molecular weight is 352 g/mol. The molecule has 0 radical (unpaired) electrons. The highest BCUT2D eigenvalue weighted by Gasteiger charge is 2.19. The normalized spacial score (nSPS) is 18.0. The average Bonchev–Trinajstić information content (AvgIpc) is 3.32. The lowest BCUT2D eigenvalue weighted by molar-refractivity contribution is 0.193. The van der Waals surface area contributed by atoms with E-state index in [1.54, 1.807) is 6.07 Å². The third kappa shape index (κ3) is 3.50. The van der Waals surface area contributed by atoms with E-state index in [1.807, 2.05) is 37.3 Å². The number of benzene rings is 1. The first-order chi connectivity index (χ1) is 12.7. The number of ether oxygens (including phenoxy) is 1. The van der Waals surface area contributed by atoms with Crippen LogP contribution >= 0.6 is 0 Å². The lowest BCUT2D eigenvalue weighted by Gasteiger charge is -2.12. The highest BCUT2D eigenvalue weighted by atomic mass is 16.5. The van der Waals surface area contributed by atoms with Crippen LogP contribution in [0.25, 0.3) is 11.0 Å². The van der Waals surface area contributed by atoms with Crippen LogP contribution in [0, 0.1) is 0 Å². The topological polar surface area (TPSA) is 105 Å². The van der Waals surface area contributed by atoms with Crippen LogP contribution in [-0.4, -0.2) is 39.4 Å². The van der Waals surface area contributed by atoms with Gasteiger partial charge in [-0.25, -0.2) is 9.78 Å². The van der Waals surface area contributed by atoms with Gasteiger partial charge in [0.25, 0.3) is 0 Å². The zero-order valence-electron chi connectivity index (χ0n) is 14.4. The molecule has 2 aromatic heterocycles. The van der Waals surface area contributed by atoms with Gasteiger partial charge >= 0.3 is 6.03 Å². The van der Waals surface area contributed by atoms with Crippen LogP contribution in [0.5, 0.6) is 0 Å². The number of fused-ring (bicyclic) bond motifs is 1. The van der Waals surface area contributed by atoms with Crippen molar-refractivity contribution in [2.45, 2.75) is 25.3 Å². The van der Waals surface area contributed by atoms with Crippen LogP contribution < -0.4 is 10.6 Å². The molecule has 134 valence electrons. The minimum atomic E-state index is -0.357. The number of H-pyrrole nitrogens is 1.